The number of benzene rings is 3. The summed E-state index contributed by atoms with van der Waals surface area (Å²) in [5, 5.41) is 33.9. The summed E-state index contributed by atoms with van der Waals surface area (Å²) in [6.07, 6.45) is 4.78. The van der Waals surface area contributed by atoms with E-state index >= 15 is 4.39 Å². The number of nitrogens with zero attached hydrogens (tertiary/aromatic N) is 2. The Morgan fingerprint density at radius 1 is 0.757 bits per heavy atom. The average molecular weight is 1490 g/mol. The van der Waals surface area contributed by atoms with Crippen molar-refractivity contribution in [2.75, 3.05) is 91.2 Å². The number of primary amides is 1. The molecule has 576 valence electrons. The number of carbonyl (C=O) groups is 9. The number of aryl methyl sites for hydroxylation is 1. The van der Waals surface area contributed by atoms with Gasteiger partial charge in [0.2, 0.25) is 35.4 Å². The highest BCUT2D eigenvalue weighted by atomic mass is 19.1. The number of amides is 9. The lowest BCUT2D eigenvalue weighted by Gasteiger charge is -2.31. The first kappa shape index (κ1) is 81.1. The van der Waals surface area contributed by atoms with E-state index in [1.54, 1.807) is 88.4 Å². The van der Waals surface area contributed by atoms with Crippen molar-refractivity contribution >= 4 is 70.1 Å². The monoisotopic (exact) mass is 1490 g/mol. The number of esters is 1. The Balaban J connectivity index is 0.690. The summed E-state index contributed by atoms with van der Waals surface area (Å²) >= 11 is 0. The number of anilines is 1. The number of cyclic esters (lactones) is 1. The fourth-order valence-corrected chi connectivity index (χ4v) is 13.0. The van der Waals surface area contributed by atoms with Crippen LogP contribution in [0.3, 0.4) is 0 Å². The lowest BCUT2D eigenvalue weighted by atomic mass is 9.81. The summed E-state index contributed by atoms with van der Waals surface area (Å²) in [6.45, 7) is 7.79. The SMILES string of the molecule is CC[C@@]1(O)C(=O)OCc2c1cc1n(c2=O)Cc2c-1nc1cc(F)c(C)c3c1c2[C@@H](NC(=O)COCNC(=O)[C@@H](Cc1ccccc1)NC(=O)OCc1ccc(NC(=O)[C@H](CCCNC(N)=O)NC(=O)[C@@H](NC(=O)CCOCCOCCOCCOCCNC(=O)COC2C#CCCCCC2)C(C)C)cc1)CC3. The Labute approximate surface area is 618 Å². The van der Waals surface area contributed by atoms with Crippen LogP contribution in [-0.4, -0.2) is 178 Å². The van der Waals surface area contributed by atoms with Crippen LogP contribution in [-0.2, 0) is 110 Å². The van der Waals surface area contributed by atoms with Crippen LogP contribution in [0.25, 0.3) is 22.3 Å². The number of nitrogens with two attached hydrogens (primary N) is 1. The third-order valence-corrected chi connectivity index (χ3v) is 18.7. The van der Waals surface area contributed by atoms with Gasteiger partial charge >= 0.3 is 18.1 Å². The van der Waals surface area contributed by atoms with Crippen LogP contribution in [0, 0.1) is 30.5 Å². The molecule has 11 N–H and O–H groups in total. The fraction of sp³-hybridized carbons (Fsp3) is 0.513. The first-order valence-electron chi connectivity index (χ1n) is 36.3. The van der Waals surface area contributed by atoms with Crippen LogP contribution in [0.15, 0.2) is 71.5 Å². The van der Waals surface area contributed by atoms with Gasteiger partial charge in [0.15, 0.2) is 5.60 Å². The van der Waals surface area contributed by atoms with Crippen molar-refractivity contribution in [3.05, 3.63) is 127 Å². The van der Waals surface area contributed by atoms with Gasteiger partial charge < -0.3 is 95.8 Å². The Morgan fingerprint density at radius 3 is 2.21 bits per heavy atom. The smallest absolute Gasteiger partial charge is 0.408 e. The number of ether oxygens (including phenoxy) is 8. The second-order valence-corrected chi connectivity index (χ2v) is 26.7. The van der Waals surface area contributed by atoms with Gasteiger partial charge in [-0.1, -0.05) is 75.6 Å². The molecular weight excluding hydrogens is 1390 g/mol. The molecule has 2 aromatic heterocycles. The highest BCUT2D eigenvalue weighted by molar-refractivity contribution is 5.99. The van der Waals surface area contributed by atoms with Crippen molar-refractivity contribution in [2.45, 2.75) is 160 Å². The highest BCUT2D eigenvalue weighted by Crippen LogP contribution is 2.46. The number of nitrogens with one attached hydrogen (secondary N) is 8. The van der Waals surface area contributed by atoms with Crippen LogP contribution in [0.4, 0.5) is 19.7 Å². The number of hydrogen-bond acceptors (Lipinski definition) is 20. The quantitative estimate of drug-likeness (QED) is 0.0111. The van der Waals surface area contributed by atoms with Crippen molar-refractivity contribution in [3.8, 4) is 23.2 Å². The summed E-state index contributed by atoms with van der Waals surface area (Å²) in [5.41, 5.74) is 7.87. The minimum Gasteiger partial charge on any atom is -0.458 e. The van der Waals surface area contributed by atoms with E-state index in [2.05, 4.69) is 54.4 Å². The lowest BCUT2D eigenvalue weighted by Crippen LogP contribution is -2.54. The maximum absolute atomic E-state index is 15.5. The fourth-order valence-electron chi connectivity index (χ4n) is 13.0. The summed E-state index contributed by atoms with van der Waals surface area (Å²) in [5.74, 6) is 1.32. The molecule has 3 aromatic carbocycles. The largest absolute Gasteiger partial charge is 0.458 e. The number of halogens is 1. The first-order chi connectivity index (χ1) is 51.6. The molecule has 0 radical (unpaired) electrons. The van der Waals surface area contributed by atoms with Gasteiger partial charge in [-0.3, -0.25) is 33.6 Å². The molecule has 4 aliphatic rings. The number of hydrogen-bond donors (Lipinski definition) is 10. The summed E-state index contributed by atoms with van der Waals surface area (Å²) in [7, 11) is 0. The zero-order valence-corrected chi connectivity index (χ0v) is 60.8. The molecule has 31 heteroatoms. The van der Waals surface area contributed by atoms with Gasteiger partial charge in [0, 0.05) is 60.6 Å². The van der Waals surface area contributed by atoms with E-state index in [9.17, 15) is 53.1 Å². The molecule has 0 fully saturated rings. The number of alkyl carbamates (subject to hydrolysis) is 1. The van der Waals surface area contributed by atoms with E-state index < -0.39 is 108 Å². The number of pyridine rings is 2. The third-order valence-electron chi connectivity index (χ3n) is 18.7. The van der Waals surface area contributed by atoms with Gasteiger partial charge in [-0.25, -0.2) is 23.8 Å². The molecule has 2 aliphatic carbocycles. The Kier molecular flexibility index (Phi) is 30.4. The molecule has 9 amide bonds. The normalized spacial score (nSPS) is 17.0. The van der Waals surface area contributed by atoms with E-state index in [-0.39, 0.29) is 108 Å². The van der Waals surface area contributed by atoms with Crippen molar-refractivity contribution < 1.29 is 90.5 Å². The molecule has 5 aromatic rings. The first-order valence-corrected chi connectivity index (χ1v) is 36.3. The Morgan fingerprint density at radius 2 is 1.49 bits per heavy atom. The van der Waals surface area contributed by atoms with E-state index in [1.807, 2.05) is 0 Å². The second-order valence-electron chi connectivity index (χ2n) is 26.7. The number of aromatic nitrogens is 2. The van der Waals surface area contributed by atoms with E-state index in [0.717, 1.165) is 37.7 Å². The molecule has 9 rings (SSSR count). The lowest BCUT2D eigenvalue weighted by molar-refractivity contribution is -0.172. The van der Waals surface area contributed by atoms with Crippen molar-refractivity contribution in [3.63, 3.8) is 0 Å². The molecule has 30 nitrogen and oxygen atoms in total. The standard InChI is InChI=1S/C76H96FN11O19/c1-5-76(99)55-38-61-68-53(40-88(61)72(95)54(55)42-106-73(76)96)66-57(25-24-52-47(4)56(77)39-59(84-68)65(52)66)83-64(91)43-104-45-81-69(92)60(37-48-15-10-9-11-16-48)86-75(98)107-41-49-20-22-50(23-21-49)82-70(93)58(19-14-27-80-74(78)97)85-71(94)67(46(2)3)87-62(89)26-29-100-31-33-102-35-36-103-34-32-101-30-28-79-63(90)44-105-51-17-12-7-6-8-13-18-51/h9-11,15-16,20-23,38-39,46,51,57-58,60,67,99H,5-8,12,14,17,19,24-37,40-45H2,1-4H3,(H,79,90)(H,81,92)(H,82,93)(H,83,91)(H,85,94)(H,86,98)(H,87,89)(H3,78,80,97)/t51?,57-,58-,60+,67-,76-/m0/s1. The van der Waals surface area contributed by atoms with Crippen LogP contribution in [0.5, 0.6) is 0 Å². The topological polar surface area (TPSA) is 405 Å². The number of urea groups is 1. The summed E-state index contributed by atoms with van der Waals surface area (Å²) in [4.78, 5) is 137. The van der Waals surface area contributed by atoms with Crippen molar-refractivity contribution in [1.29, 1.82) is 0 Å². The minimum atomic E-state index is -2.07. The molecule has 0 bridgehead atoms. The van der Waals surface area contributed by atoms with Crippen LogP contribution < -0.4 is 53.8 Å². The molecular formula is C76H96FN11O19. The van der Waals surface area contributed by atoms with Gasteiger partial charge in [-0.05, 0) is 110 Å². The predicted molar refractivity (Wildman–Crippen MR) is 387 cm³/mol. The van der Waals surface area contributed by atoms with Crippen LogP contribution in [0.1, 0.15) is 136 Å². The molecule has 4 heterocycles. The highest BCUT2D eigenvalue weighted by Gasteiger charge is 2.46. The van der Waals surface area contributed by atoms with Gasteiger partial charge in [0.25, 0.3) is 5.56 Å². The Hall–Kier alpha value is -9.94. The molecule has 0 saturated carbocycles. The number of rotatable bonds is 40. The molecule has 1 unspecified atom stereocenters. The maximum atomic E-state index is 15.5. The molecule has 107 heavy (non-hydrogen) atoms. The minimum absolute atomic E-state index is 0.0399. The number of carbonyl (C=O) groups excluding carboxylic acids is 9. The van der Waals surface area contributed by atoms with Gasteiger partial charge in [0.05, 0.1) is 87.9 Å². The van der Waals surface area contributed by atoms with Gasteiger partial charge in [0.1, 0.15) is 63.2 Å². The van der Waals surface area contributed by atoms with E-state index in [0.29, 0.717) is 108 Å². The van der Waals surface area contributed by atoms with Gasteiger partial charge in [-0.15, -0.1) is 5.92 Å². The zero-order valence-electron chi connectivity index (χ0n) is 60.8. The number of fused-ring (bicyclic) bond motifs is 5. The van der Waals surface area contributed by atoms with Crippen LogP contribution >= 0.6 is 0 Å². The number of aliphatic hydroxyl groups is 1. The van der Waals surface area contributed by atoms with Crippen molar-refractivity contribution in [1.82, 2.24) is 46.8 Å². The summed E-state index contributed by atoms with van der Waals surface area (Å²) in [6, 6.07) is 13.3. The zero-order chi connectivity index (χ0) is 76.4. The molecule has 2 aliphatic heterocycles. The predicted octanol–water partition coefficient (Wildman–Crippen LogP) is 4.20. The van der Waals surface area contributed by atoms with E-state index in [1.165, 1.54) is 10.6 Å². The average Bonchev–Trinajstić information content (AvgIpc) is 1.60. The molecule has 6 atom stereocenters. The second kappa shape index (κ2) is 40.1. The van der Waals surface area contributed by atoms with Crippen molar-refractivity contribution in [2.24, 2.45) is 11.7 Å². The molecule has 0 saturated heterocycles. The maximum Gasteiger partial charge on any atom is 0.408 e. The van der Waals surface area contributed by atoms with E-state index in [4.69, 9.17) is 48.6 Å². The summed E-state index contributed by atoms with van der Waals surface area (Å²) < 4.78 is 61.3. The Bertz CT molecular complexity index is 4110. The third kappa shape index (κ3) is 22.8. The van der Waals surface area contributed by atoms with Gasteiger partial charge in [-0.2, -0.15) is 0 Å². The van der Waals surface area contributed by atoms with Crippen LogP contribution in [0.2, 0.25) is 0 Å². The molecule has 0 spiro atoms.